The van der Waals surface area contributed by atoms with Gasteiger partial charge in [0.2, 0.25) is 0 Å². The molecule has 2 aromatic rings. The van der Waals surface area contributed by atoms with Crippen molar-refractivity contribution >= 4 is 17.6 Å². The van der Waals surface area contributed by atoms with Crippen molar-refractivity contribution in [1.82, 2.24) is 4.90 Å². The van der Waals surface area contributed by atoms with Crippen LogP contribution in [-0.2, 0) is 16.1 Å². The molecule has 0 saturated carbocycles. The fourth-order valence-electron chi connectivity index (χ4n) is 1.94. The van der Waals surface area contributed by atoms with Crippen LogP contribution in [0.15, 0.2) is 47.1 Å². The molecule has 122 valence electrons. The summed E-state index contributed by atoms with van der Waals surface area (Å²) in [6.07, 6.45) is 1.55. The van der Waals surface area contributed by atoms with Crippen molar-refractivity contribution < 1.29 is 18.7 Å². The number of anilines is 1. The molecule has 0 radical (unpaired) electrons. The maximum absolute atomic E-state index is 11.9. The summed E-state index contributed by atoms with van der Waals surface area (Å²) in [7, 11) is 5.46. The molecule has 1 amide bonds. The largest absolute Gasteiger partial charge is 0.467 e. The standard InChI is InChI=1S/C17H20N2O4/c1-18(2)14-8-6-13(7-9-14)17(21)23-12-16(20)19(3)11-15-5-4-10-22-15/h4-10H,11-12H2,1-3H3. The number of likely N-dealkylation sites (N-methyl/N-ethyl adjacent to an activating group) is 1. The lowest BCUT2D eigenvalue weighted by molar-refractivity contribution is -0.133. The highest BCUT2D eigenvalue weighted by atomic mass is 16.5. The van der Waals surface area contributed by atoms with Gasteiger partial charge < -0.3 is 19.0 Å². The van der Waals surface area contributed by atoms with Crippen LogP contribution in [0.2, 0.25) is 0 Å². The van der Waals surface area contributed by atoms with Gasteiger partial charge in [0.1, 0.15) is 5.76 Å². The monoisotopic (exact) mass is 316 g/mol. The zero-order valence-corrected chi connectivity index (χ0v) is 13.5. The fraction of sp³-hybridized carbons (Fsp3) is 0.294. The maximum Gasteiger partial charge on any atom is 0.338 e. The molecular formula is C17H20N2O4. The number of esters is 1. The zero-order valence-electron chi connectivity index (χ0n) is 13.5. The molecule has 0 bridgehead atoms. The van der Waals surface area contributed by atoms with Gasteiger partial charge in [-0.1, -0.05) is 0 Å². The van der Waals surface area contributed by atoms with Gasteiger partial charge in [-0.05, 0) is 36.4 Å². The third kappa shape index (κ3) is 4.60. The molecule has 0 atom stereocenters. The number of furan rings is 1. The molecule has 0 aliphatic carbocycles. The molecule has 0 fully saturated rings. The van der Waals surface area contributed by atoms with Gasteiger partial charge >= 0.3 is 5.97 Å². The highest BCUT2D eigenvalue weighted by molar-refractivity contribution is 5.91. The predicted molar refractivity (Wildman–Crippen MR) is 86.2 cm³/mol. The van der Waals surface area contributed by atoms with E-state index in [0.29, 0.717) is 17.9 Å². The van der Waals surface area contributed by atoms with Gasteiger partial charge in [0, 0.05) is 26.8 Å². The second-order valence-corrected chi connectivity index (χ2v) is 5.35. The highest BCUT2D eigenvalue weighted by Crippen LogP contribution is 2.13. The van der Waals surface area contributed by atoms with Crippen LogP contribution < -0.4 is 4.90 Å². The Labute approximate surface area is 135 Å². The van der Waals surface area contributed by atoms with Gasteiger partial charge in [0.25, 0.3) is 5.91 Å². The number of amides is 1. The Balaban J connectivity index is 1.84. The molecule has 2 rings (SSSR count). The molecule has 0 unspecified atom stereocenters. The van der Waals surface area contributed by atoms with Crippen molar-refractivity contribution in [1.29, 1.82) is 0 Å². The number of rotatable bonds is 6. The van der Waals surface area contributed by atoms with E-state index in [1.165, 1.54) is 4.90 Å². The number of hydrogen-bond donors (Lipinski definition) is 0. The second-order valence-electron chi connectivity index (χ2n) is 5.35. The topological polar surface area (TPSA) is 63.0 Å². The van der Waals surface area contributed by atoms with Crippen molar-refractivity contribution in [3.8, 4) is 0 Å². The van der Waals surface area contributed by atoms with Gasteiger partial charge in [-0.25, -0.2) is 4.79 Å². The molecule has 0 spiro atoms. The van der Waals surface area contributed by atoms with E-state index in [0.717, 1.165) is 5.69 Å². The van der Waals surface area contributed by atoms with E-state index in [-0.39, 0.29) is 12.5 Å². The van der Waals surface area contributed by atoms with Crippen LogP contribution in [0.5, 0.6) is 0 Å². The molecule has 0 aliphatic heterocycles. The molecule has 1 heterocycles. The van der Waals surface area contributed by atoms with Gasteiger partial charge in [-0.2, -0.15) is 0 Å². The minimum Gasteiger partial charge on any atom is -0.467 e. The molecule has 6 heteroatoms. The zero-order chi connectivity index (χ0) is 16.8. The van der Waals surface area contributed by atoms with Crippen molar-refractivity contribution in [3.63, 3.8) is 0 Å². The summed E-state index contributed by atoms with van der Waals surface area (Å²) in [5.74, 6) is -0.138. The van der Waals surface area contributed by atoms with Gasteiger partial charge in [-0.3, -0.25) is 4.79 Å². The summed E-state index contributed by atoms with van der Waals surface area (Å²) < 4.78 is 10.2. The molecule has 6 nitrogen and oxygen atoms in total. The average Bonchev–Trinajstić information content (AvgIpc) is 3.05. The summed E-state index contributed by atoms with van der Waals surface area (Å²) in [6, 6.07) is 10.5. The first-order valence-corrected chi connectivity index (χ1v) is 7.18. The number of ether oxygens (including phenoxy) is 1. The molecule has 1 aromatic heterocycles. The van der Waals surface area contributed by atoms with Crippen LogP contribution in [0.1, 0.15) is 16.1 Å². The highest BCUT2D eigenvalue weighted by Gasteiger charge is 2.14. The molecule has 0 N–H and O–H groups in total. The van der Waals surface area contributed by atoms with E-state index in [1.54, 1.807) is 37.6 Å². The van der Waals surface area contributed by atoms with E-state index in [4.69, 9.17) is 9.15 Å². The van der Waals surface area contributed by atoms with Gasteiger partial charge in [-0.15, -0.1) is 0 Å². The van der Waals surface area contributed by atoms with E-state index in [1.807, 2.05) is 31.1 Å². The Morgan fingerprint density at radius 3 is 2.35 bits per heavy atom. The summed E-state index contributed by atoms with van der Waals surface area (Å²) >= 11 is 0. The minimum atomic E-state index is -0.518. The maximum atomic E-state index is 11.9. The third-order valence-corrected chi connectivity index (χ3v) is 3.35. The van der Waals surface area contributed by atoms with E-state index < -0.39 is 5.97 Å². The lowest BCUT2D eigenvalue weighted by Crippen LogP contribution is -2.30. The number of benzene rings is 1. The Bertz CT molecular complexity index is 648. The van der Waals surface area contributed by atoms with E-state index in [2.05, 4.69) is 0 Å². The van der Waals surface area contributed by atoms with Crippen LogP contribution >= 0.6 is 0 Å². The summed E-state index contributed by atoms with van der Waals surface area (Å²) in [4.78, 5) is 27.3. The van der Waals surface area contributed by atoms with E-state index in [9.17, 15) is 9.59 Å². The molecule has 0 aliphatic rings. The van der Waals surface area contributed by atoms with Gasteiger partial charge in [0.05, 0.1) is 18.4 Å². The number of hydrogen-bond acceptors (Lipinski definition) is 5. The number of carbonyl (C=O) groups is 2. The van der Waals surface area contributed by atoms with Crippen molar-refractivity contribution in [2.45, 2.75) is 6.54 Å². The number of carbonyl (C=O) groups excluding carboxylic acids is 2. The smallest absolute Gasteiger partial charge is 0.338 e. The number of nitrogens with zero attached hydrogens (tertiary/aromatic N) is 2. The Hall–Kier alpha value is -2.76. The van der Waals surface area contributed by atoms with Gasteiger partial charge in [0.15, 0.2) is 6.61 Å². The lowest BCUT2D eigenvalue weighted by atomic mass is 10.2. The molecule has 0 saturated heterocycles. The van der Waals surface area contributed by atoms with Crippen LogP contribution in [0, 0.1) is 0 Å². The minimum absolute atomic E-state index is 0.292. The van der Waals surface area contributed by atoms with E-state index >= 15 is 0 Å². The molecule has 1 aromatic carbocycles. The first-order chi connectivity index (χ1) is 11.0. The predicted octanol–water partition coefficient (Wildman–Crippen LogP) is 2.16. The summed E-state index contributed by atoms with van der Waals surface area (Å²) in [5, 5.41) is 0. The van der Waals surface area contributed by atoms with Crippen LogP contribution in [0.25, 0.3) is 0 Å². The van der Waals surface area contributed by atoms with Crippen molar-refractivity contribution in [2.75, 3.05) is 32.6 Å². The normalized spacial score (nSPS) is 10.2. The van der Waals surface area contributed by atoms with Crippen molar-refractivity contribution in [2.24, 2.45) is 0 Å². The van der Waals surface area contributed by atoms with Crippen LogP contribution in [0.4, 0.5) is 5.69 Å². The van der Waals surface area contributed by atoms with Crippen LogP contribution in [-0.4, -0.2) is 44.5 Å². The fourth-order valence-corrected chi connectivity index (χ4v) is 1.94. The Morgan fingerprint density at radius 1 is 1.09 bits per heavy atom. The first kappa shape index (κ1) is 16.6. The first-order valence-electron chi connectivity index (χ1n) is 7.18. The Kier molecular flexibility index (Phi) is 5.41. The van der Waals surface area contributed by atoms with Crippen molar-refractivity contribution in [3.05, 3.63) is 54.0 Å². The summed E-state index contributed by atoms with van der Waals surface area (Å²) in [5.41, 5.74) is 1.40. The average molecular weight is 316 g/mol. The summed E-state index contributed by atoms with van der Waals surface area (Å²) in [6.45, 7) is 0.0341. The molecule has 23 heavy (non-hydrogen) atoms. The lowest BCUT2D eigenvalue weighted by Gasteiger charge is -2.16. The molecular weight excluding hydrogens is 296 g/mol. The quantitative estimate of drug-likeness (QED) is 0.764. The third-order valence-electron chi connectivity index (χ3n) is 3.35. The Morgan fingerprint density at radius 2 is 1.78 bits per heavy atom. The van der Waals surface area contributed by atoms with Crippen LogP contribution in [0.3, 0.4) is 0 Å². The second kappa shape index (κ2) is 7.49. The SMILES string of the molecule is CN(Cc1ccco1)C(=O)COC(=O)c1ccc(N(C)C)cc1.